The van der Waals surface area contributed by atoms with Gasteiger partial charge in [0.15, 0.2) is 11.6 Å². The van der Waals surface area contributed by atoms with E-state index in [1.54, 1.807) is 12.2 Å². The average Bonchev–Trinajstić information content (AvgIpc) is 3.67. The number of esters is 1. The fourth-order valence-corrected chi connectivity index (χ4v) is 6.20. The van der Waals surface area contributed by atoms with E-state index in [0.717, 1.165) is 38.3 Å². The van der Waals surface area contributed by atoms with Gasteiger partial charge in [-0.15, -0.1) is 0 Å². The Kier molecular flexibility index (Phi) is 12.3. The van der Waals surface area contributed by atoms with Crippen LogP contribution in [0.4, 0.5) is 0 Å². The summed E-state index contributed by atoms with van der Waals surface area (Å²) in [4.78, 5) is 50.4. The summed E-state index contributed by atoms with van der Waals surface area (Å²) in [6.07, 6.45) is 10.4. The van der Waals surface area contributed by atoms with Crippen LogP contribution in [0.1, 0.15) is 56.4 Å². The number of aromatic nitrogens is 1. The Labute approximate surface area is 266 Å². The van der Waals surface area contributed by atoms with Gasteiger partial charge in [-0.2, -0.15) is 0 Å². The lowest BCUT2D eigenvalue weighted by Gasteiger charge is -2.37. The predicted octanol–water partition coefficient (Wildman–Crippen LogP) is 2.75. The molecule has 0 radical (unpaired) electrons. The Hall–Kier alpha value is -3.54. The molecule has 2 saturated heterocycles. The molecule has 2 bridgehead atoms. The molecule has 1 aromatic heterocycles. The highest BCUT2D eigenvalue weighted by atomic mass is 16.5. The lowest BCUT2D eigenvalue weighted by Crippen LogP contribution is -2.49. The Balaban J connectivity index is 1.57. The van der Waals surface area contributed by atoms with Gasteiger partial charge in [0.05, 0.1) is 6.10 Å². The normalized spacial score (nSPS) is 30.5. The smallest absolute Gasteiger partial charge is 0.329 e. The number of piperazine rings is 1. The molecule has 11 heteroatoms. The molecule has 4 heterocycles. The highest BCUT2D eigenvalue weighted by molar-refractivity contribution is 5.95. The second kappa shape index (κ2) is 16.1. The number of hydrogen-bond acceptors (Lipinski definition) is 9. The van der Waals surface area contributed by atoms with E-state index in [2.05, 4.69) is 40.7 Å². The number of fused-ring (bicyclic) bond motifs is 3. The Morgan fingerprint density at radius 2 is 1.91 bits per heavy atom. The minimum absolute atomic E-state index is 0.0145. The first-order valence-corrected chi connectivity index (χ1v) is 16.0. The number of hydrogen-bond donors (Lipinski definition) is 2. The van der Waals surface area contributed by atoms with Gasteiger partial charge in [0.25, 0.3) is 5.91 Å². The molecule has 5 atom stereocenters. The molecule has 0 unspecified atom stereocenters. The number of ether oxygens (including phenoxy) is 1. The number of amides is 2. The maximum atomic E-state index is 13.7. The molecular weight excluding hydrogens is 574 g/mol. The molecule has 0 aliphatic carbocycles. The quantitative estimate of drug-likeness (QED) is 0.386. The van der Waals surface area contributed by atoms with E-state index < -0.39 is 24.2 Å². The Morgan fingerprint density at radius 1 is 1.16 bits per heavy atom. The van der Waals surface area contributed by atoms with E-state index in [1.807, 2.05) is 26.0 Å². The van der Waals surface area contributed by atoms with Crippen molar-refractivity contribution >= 4 is 17.8 Å². The zero-order valence-electron chi connectivity index (χ0n) is 27.1. The fraction of sp³-hybridized carbons (Fsp3) is 0.588. The van der Waals surface area contributed by atoms with E-state index >= 15 is 0 Å². The van der Waals surface area contributed by atoms with Crippen molar-refractivity contribution in [3.05, 3.63) is 66.0 Å². The molecule has 0 spiro atoms. The number of likely N-dealkylation sites (N-methyl/N-ethyl adjacent to an activating group) is 1. The van der Waals surface area contributed by atoms with E-state index in [4.69, 9.17) is 9.15 Å². The molecule has 1 aromatic rings. The van der Waals surface area contributed by atoms with E-state index in [0.29, 0.717) is 43.8 Å². The number of nitrogens with one attached hydrogen (secondary N) is 1. The van der Waals surface area contributed by atoms with Gasteiger partial charge in [-0.25, -0.2) is 9.78 Å². The highest BCUT2D eigenvalue weighted by Gasteiger charge is 2.39. The van der Waals surface area contributed by atoms with Crippen LogP contribution >= 0.6 is 0 Å². The lowest BCUT2D eigenvalue weighted by molar-refractivity contribution is -0.158. The van der Waals surface area contributed by atoms with Crippen LogP contribution in [0.2, 0.25) is 0 Å². The number of carbonyl (C=O) groups excluding carboxylic acids is 3. The molecule has 2 N–H and O–H groups in total. The number of aliphatic hydroxyl groups is 1. The molecule has 45 heavy (non-hydrogen) atoms. The first-order valence-electron chi connectivity index (χ1n) is 16.0. The molecule has 246 valence electrons. The summed E-state index contributed by atoms with van der Waals surface area (Å²) in [5.74, 6) is -1.02. The standard InChI is InChI=1S/C34H49N5O6/c1-23-8-6-12-35-30(41)11-10-25(3)32(26(4)21-38-16-14-37(5)15-17-38)45-34(43)29-9-7-13-39(29)33(42)28-22-44-31(36-28)20-24(2)19-27(40)18-23/h6,8,10-11,18,22,25-27,29,32,40H,2,7,9,12-17,19-21H2,1,3-5H3,(H,35,41)/b8-6+,11-10+,23-18+/t25-,26+,27-,29-,32+/m1/s1. The highest BCUT2D eigenvalue weighted by Crippen LogP contribution is 2.26. The van der Waals surface area contributed by atoms with Crippen molar-refractivity contribution in [2.75, 3.05) is 52.9 Å². The van der Waals surface area contributed by atoms with Crippen LogP contribution in [0.5, 0.6) is 0 Å². The molecule has 0 saturated carbocycles. The largest absolute Gasteiger partial charge is 0.460 e. The van der Waals surface area contributed by atoms with Crippen molar-refractivity contribution < 1.29 is 28.6 Å². The first-order chi connectivity index (χ1) is 21.5. The van der Waals surface area contributed by atoms with Crippen molar-refractivity contribution in [3.8, 4) is 0 Å². The number of oxazole rings is 1. The molecule has 11 nitrogen and oxygen atoms in total. The Bertz CT molecular complexity index is 1290. The average molecular weight is 624 g/mol. The zero-order chi connectivity index (χ0) is 32.5. The summed E-state index contributed by atoms with van der Waals surface area (Å²) in [5.41, 5.74) is 1.66. The van der Waals surface area contributed by atoms with Gasteiger partial charge >= 0.3 is 5.97 Å². The van der Waals surface area contributed by atoms with Crippen molar-refractivity contribution in [1.29, 1.82) is 0 Å². The summed E-state index contributed by atoms with van der Waals surface area (Å²) >= 11 is 0. The van der Waals surface area contributed by atoms with E-state index in [9.17, 15) is 19.5 Å². The maximum absolute atomic E-state index is 13.7. The summed E-state index contributed by atoms with van der Waals surface area (Å²) in [7, 11) is 2.11. The van der Waals surface area contributed by atoms with Crippen molar-refractivity contribution in [3.63, 3.8) is 0 Å². The molecule has 3 aliphatic heterocycles. The number of carbonyl (C=O) groups is 3. The Morgan fingerprint density at radius 3 is 2.67 bits per heavy atom. The first kappa shape index (κ1) is 34.3. The third-order valence-corrected chi connectivity index (χ3v) is 8.71. The van der Waals surface area contributed by atoms with Gasteiger partial charge in [-0.1, -0.05) is 55.9 Å². The maximum Gasteiger partial charge on any atom is 0.329 e. The van der Waals surface area contributed by atoms with E-state index in [1.165, 1.54) is 17.2 Å². The summed E-state index contributed by atoms with van der Waals surface area (Å²) in [5, 5.41) is 13.4. The predicted molar refractivity (Wildman–Crippen MR) is 171 cm³/mol. The molecule has 4 rings (SSSR count). The third kappa shape index (κ3) is 9.97. The molecule has 0 aromatic carbocycles. The summed E-state index contributed by atoms with van der Waals surface area (Å²) in [6.45, 7) is 15.3. The van der Waals surface area contributed by atoms with Crippen molar-refractivity contribution in [1.82, 2.24) is 25.0 Å². The lowest BCUT2D eigenvalue weighted by atomic mass is 9.91. The second-order valence-electron chi connectivity index (χ2n) is 12.7. The van der Waals surface area contributed by atoms with Crippen LogP contribution < -0.4 is 5.32 Å². The minimum Gasteiger partial charge on any atom is -0.460 e. The van der Waals surface area contributed by atoms with Crippen LogP contribution in [0.3, 0.4) is 0 Å². The molecule has 3 aliphatic rings. The minimum atomic E-state index is -0.762. The number of nitrogens with zero attached hydrogens (tertiary/aromatic N) is 4. The van der Waals surface area contributed by atoms with Crippen LogP contribution in [-0.4, -0.2) is 114 Å². The zero-order valence-corrected chi connectivity index (χ0v) is 27.1. The van der Waals surface area contributed by atoms with E-state index in [-0.39, 0.29) is 35.8 Å². The number of aliphatic hydroxyl groups excluding tert-OH is 1. The fourth-order valence-electron chi connectivity index (χ4n) is 6.20. The van der Waals surface area contributed by atoms with Gasteiger partial charge in [0, 0.05) is 64.1 Å². The van der Waals surface area contributed by atoms with Gasteiger partial charge in [-0.05, 0) is 39.3 Å². The van der Waals surface area contributed by atoms with Gasteiger partial charge in [0.1, 0.15) is 18.4 Å². The van der Waals surface area contributed by atoms with Crippen molar-refractivity contribution in [2.45, 2.75) is 64.7 Å². The van der Waals surface area contributed by atoms with Crippen LogP contribution in [0.15, 0.2) is 58.8 Å². The summed E-state index contributed by atoms with van der Waals surface area (Å²) < 4.78 is 11.8. The van der Waals surface area contributed by atoms with Crippen LogP contribution in [-0.2, 0) is 20.7 Å². The van der Waals surface area contributed by atoms with Gasteiger partial charge < -0.3 is 34.3 Å². The van der Waals surface area contributed by atoms with Crippen LogP contribution in [0.25, 0.3) is 0 Å². The summed E-state index contributed by atoms with van der Waals surface area (Å²) in [6, 6.07) is -0.732. The van der Waals surface area contributed by atoms with Crippen LogP contribution in [0, 0.1) is 11.8 Å². The SMILES string of the molecule is C=C1Cc2nc(co2)C(=O)N2CCC[C@@H]2C(=O)O[C@H]([C@@H](C)CN2CCN(C)CC2)[C@H](C)/C=C/C(=O)NC/C=C/C(C)=C/[C@@H](O)C1. The molecular formula is C34H49N5O6. The molecule has 2 fully saturated rings. The second-order valence-corrected chi connectivity index (χ2v) is 12.7. The molecule has 2 amide bonds. The topological polar surface area (TPSA) is 128 Å². The third-order valence-electron chi connectivity index (χ3n) is 8.71. The van der Waals surface area contributed by atoms with Gasteiger partial charge in [-0.3, -0.25) is 9.59 Å². The monoisotopic (exact) mass is 623 g/mol. The number of rotatable bonds is 3. The number of allylic oxidation sites excluding steroid dienone is 2. The van der Waals surface area contributed by atoms with Crippen molar-refractivity contribution in [2.24, 2.45) is 11.8 Å². The van der Waals surface area contributed by atoms with Gasteiger partial charge in [0.2, 0.25) is 5.91 Å². The number of cyclic esters (lactones) is 1.